The van der Waals surface area contributed by atoms with Crippen LogP contribution < -0.4 is 5.32 Å². The van der Waals surface area contributed by atoms with Gasteiger partial charge in [-0.1, -0.05) is 59.6 Å². The molecule has 2 rings (SSSR count). The van der Waals surface area contributed by atoms with Gasteiger partial charge >= 0.3 is 0 Å². The van der Waals surface area contributed by atoms with Crippen LogP contribution in [0.25, 0.3) is 0 Å². The molecule has 0 aliphatic carbocycles. The number of nitrogens with zero attached hydrogens (tertiary/aromatic N) is 1. The van der Waals surface area contributed by atoms with Crippen molar-refractivity contribution in [1.29, 1.82) is 0 Å². The summed E-state index contributed by atoms with van der Waals surface area (Å²) >= 11 is 12.1. The molecule has 0 saturated heterocycles. The Kier molecular flexibility index (Phi) is 7.50. The van der Waals surface area contributed by atoms with Gasteiger partial charge in [0, 0.05) is 12.1 Å². The average Bonchev–Trinajstić information content (AvgIpc) is 2.61. The van der Waals surface area contributed by atoms with Gasteiger partial charge in [-0.2, -0.15) is 0 Å². The zero-order valence-electron chi connectivity index (χ0n) is 16.6. The van der Waals surface area contributed by atoms with E-state index in [1.54, 1.807) is 24.0 Å². The molecule has 150 valence electrons. The summed E-state index contributed by atoms with van der Waals surface area (Å²) in [6, 6.07) is 14.1. The number of benzene rings is 2. The first-order valence-electron chi connectivity index (χ1n) is 9.16. The highest BCUT2D eigenvalue weighted by Crippen LogP contribution is 2.24. The lowest BCUT2D eigenvalue weighted by atomic mass is 10.1. The third kappa shape index (κ3) is 6.54. The lowest BCUT2D eigenvalue weighted by molar-refractivity contribution is -0.140. The number of rotatable bonds is 6. The maximum atomic E-state index is 13.1. The number of nitrogens with one attached hydrogen (secondary N) is 1. The fraction of sp³-hybridized carbons (Fsp3) is 0.364. The van der Waals surface area contributed by atoms with Gasteiger partial charge in [0.2, 0.25) is 11.8 Å². The van der Waals surface area contributed by atoms with Crippen molar-refractivity contribution < 1.29 is 9.59 Å². The molecular weight excluding hydrogens is 395 g/mol. The first-order chi connectivity index (χ1) is 13.1. The Morgan fingerprint density at radius 2 is 1.64 bits per heavy atom. The summed E-state index contributed by atoms with van der Waals surface area (Å²) in [5, 5.41) is 3.81. The van der Waals surface area contributed by atoms with Crippen molar-refractivity contribution in [1.82, 2.24) is 10.2 Å². The van der Waals surface area contributed by atoms with Gasteiger partial charge in [0.1, 0.15) is 6.04 Å². The molecule has 0 aliphatic heterocycles. The van der Waals surface area contributed by atoms with E-state index in [1.165, 1.54) is 0 Å². The predicted octanol–water partition coefficient (Wildman–Crippen LogP) is 4.87. The van der Waals surface area contributed by atoms with Crippen LogP contribution in [-0.2, 0) is 22.6 Å². The lowest BCUT2D eigenvalue weighted by Gasteiger charge is -2.31. The summed E-state index contributed by atoms with van der Waals surface area (Å²) in [5.41, 5.74) is 1.32. The molecule has 4 nitrogen and oxygen atoms in total. The Bertz CT molecular complexity index is 832. The monoisotopic (exact) mass is 420 g/mol. The van der Waals surface area contributed by atoms with E-state index >= 15 is 0 Å². The zero-order valence-corrected chi connectivity index (χ0v) is 18.1. The van der Waals surface area contributed by atoms with Crippen LogP contribution in [0, 0.1) is 0 Å². The molecule has 28 heavy (non-hydrogen) atoms. The number of hydrogen-bond acceptors (Lipinski definition) is 2. The second-order valence-electron chi connectivity index (χ2n) is 7.85. The third-order valence-corrected chi connectivity index (χ3v) is 4.94. The van der Waals surface area contributed by atoms with E-state index < -0.39 is 6.04 Å². The van der Waals surface area contributed by atoms with Crippen LogP contribution in [0.2, 0.25) is 10.0 Å². The van der Waals surface area contributed by atoms with E-state index in [0.29, 0.717) is 10.0 Å². The Labute approximate surface area is 176 Å². The molecule has 2 aromatic carbocycles. The molecule has 0 heterocycles. The first kappa shape index (κ1) is 22.3. The fourth-order valence-corrected chi connectivity index (χ4v) is 3.08. The Morgan fingerprint density at radius 3 is 2.21 bits per heavy atom. The van der Waals surface area contributed by atoms with Gasteiger partial charge in [-0.25, -0.2) is 0 Å². The van der Waals surface area contributed by atoms with Crippen molar-refractivity contribution in [3.63, 3.8) is 0 Å². The molecule has 0 saturated carbocycles. The van der Waals surface area contributed by atoms with Crippen LogP contribution in [-0.4, -0.2) is 28.3 Å². The van der Waals surface area contributed by atoms with Gasteiger partial charge in [0.15, 0.2) is 0 Å². The summed E-state index contributed by atoms with van der Waals surface area (Å²) in [5.74, 6) is -0.331. The molecule has 2 amide bonds. The molecule has 0 bridgehead atoms. The van der Waals surface area contributed by atoms with Gasteiger partial charge in [-0.15, -0.1) is 0 Å². The maximum absolute atomic E-state index is 13.1. The number of hydrogen-bond donors (Lipinski definition) is 1. The van der Waals surface area contributed by atoms with Crippen molar-refractivity contribution in [2.24, 2.45) is 0 Å². The topological polar surface area (TPSA) is 49.4 Å². The molecule has 0 aromatic heterocycles. The highest BCUT2D eigenvalue weighted by molar-refractivity contribution is 6.42. The first-order valence-corrected chi connectivity index (χ1v) is 9.92. The van der Waals surface area contributed by atoms with Crippen molar-refractivity contribution in [3.05, 3.63) is 69.7 Å². The standard InChI is InChI=1S/C22H26Cl2N2O2/c1-15(21(28)25-22(2,3)4)26(14-17-10-11-18(23)19(24)12-17)20(27)13-16-8-6-5-7-9-16/h5-12,15H,13-14H2,1-4H3,(H,25,28)/t15-/m0/s1. The van der Waals surface area contributed by atoms with Crippen LogP contribution in [0.1, 0.15) is 38.8 Å². The fourth-order valence-electron chi connectivity index (χ4n) is 2.76. The number of carbonyl (C=O) groups is 2. The van der Waals surface area contributed by atoms with Crippen molar-refractivity contribution >= 4 is 35.0 Å². The van der Waals surface area contributed by atoms with Crippen LogP contribution in [0.4, 0.5) is 0 Å². The average molecular weight is 421 g/mol. The Hall–Kier alpha value is -2.04. The van der Waals surface area contributed by atoms with Crippen LogP contribution >= 0.6 is 23.2 Å². The molecule has 0 unspecified atom stereocenters. The molecule has 1 atom stereocenters. The van der Waals surface area contributed by atoms with E-state index in [9.17, 15) is 9.59 Å². The minimum absolute atomic E-state index is 0.131. The predicted molar refractivity (Wildman–Crippen MR) is 115 cm³/mol. The molecule has 0 spiro atoms. The maximum Gasteiger partial charge on any atom is 0.242 e. The molecule has 2 aromatic rings. The van der Waals surface area contributed by atoms with E-state index in [0.717, 1.165) is 11.1 Å². The van der Waals surface area contributed by atoms with Gasteiger partial charge in [-0.05, 0) is 51.0 Å². The highest BCUT2D eigenvalue weighted by Gasteiger charge is 2.28. The summed E-state index contributed by atoms with van der Waals surface area (Å²) in [6.07, 6.45) is 0.218. The van der Waals surface area contributed by atoms with E-state index in [1.807, 2.05) is 57.2 Å². The van der Waals surface area contributed by atoms with E-state index in [2.05, 4.69) is 5.32 Å². The van der Waals surface area contributed by atoms with Crippen molar-refractivity contribution in [2.75, 3.05) is 0 Å². The van der Waals surface area contributed by atoms with Gasteiger partial charge < -0.3 is 10.2 Å². The minimum Gasteiger partial charge on any atom is -0.350 e. The quantitative estimate of drug-likeness (QED) is 0.724. The van der Waals surface area contributed by atoms with Crippen LogP contribution in [0.15, 0.2) is 48.5 Å². The van der Waals surface area contributed by atoms with Crippen LogP contribution in [0.5, 0.6) is 0 Å². The Balaban J connectivity index is 2.26. The summed E-state index contributed by atoms with van der Waals surface area (Å²) in [6.45, 7) is 7.73. The zero-order chi connectivity index (χ0) is 20.9. The largest absolute Gasteiger partial charge is 0.350 e. The molecule has 0 fully saturated rings. The normalized spacial score (nSPS) is 12.4. The van der Waals surface area contributed by atoms with Gasteiger partial charge in [0.25, 0.3) is 0 Å². The Morgan fingerprint density at radius 1 is 1.00 bits per heavy atom. The van der Waals surface area contributed by atoms with Gasteiger partial charge in [0.05, 0.1) is 16.5 Å². The number of amides is 2. The summed E-state index contributed by atoms with van der Waals surface area (Å²) in [4.78, 5) is 27.4. The van der Waals surface area contributed by atoms with E-state index in [-0.39, 0.29) is 30.3 Å². The lowest BCUT2D eigenvalue weighted by Crippen LogP contribution is -2.52. The van der Waals surface area contributed by atoms with Crippen molar-refractivity contribution in [3.8, 4) is 0 Å². The van der Waals surface area contributed by atoms with E-state index in [4.69, 9.17) is 23.2 Å². The summed E-state index contributed by atoms with van der Waals surface area (Å²) < 4.78 is 0. The van der Waals surface area contributed by atoms with Crippen LogP contribution in [0.3, 0.4) is 0 Å². The van der Waals surface area contributed by atoms with Gasteiger partial charge in [-0.3, -0.25) is 9.59 Å². The summed E-state index contributed by atoms with van der Waals surface area (Å²) in [7, 11) is 0. The molecule has 1 N–H and O–H groups in total. The second kappa shape index (κ2) is 9.44. The highest BCUT2D eigenvalue weighted by atomic mass is 35.5. The molecule has 0 radical (unpaired) electrons. The molecule has 0 aliphatic rings. The second-order valence-corrected chi connectivity index (χ2v) is 8.66. The smallest absolute Gasteiger partial charge is 0.242 e. The minimum atomic E-state index is -0.634. The number of carbonyl (C=O) groups excluding carboxylic acids is 2. The third-order valence-electron chi connectivity index (χ3n) is 4.20. The SMILES string of the molecule is C[C@@H](C(=O)NC(C)(C)C)N(Cc1ccc(Cl)c(Cl)c1)C(=O)Cc1ccccc1. The molecular formula is C22H26Cl2N2O2. The molecule has 6 heteroatoms. The van der Waals surface area contributed by atoms with Crippen molar-refractivity contribution in [2.45, 2.75) is 52.2 Å². The number of halogens is 2.